The van der Waals surface area contributed by atoms with Crippen LogP contribution in [0.25, 0.3) is 0 Å². The third-order valence-electron chi connectivity index (χ3n) is 3.38. The summed E-state index contributed by atoms with van der Waals surface area (Å²) in [7, 11) is 1.40. The molecule has 0 spiro atoms. The van der Waals surface area contributed by atoms with Crippen LogP contribution in [0.5, 0.6) is 5.88 Å². The summed E-state index contributed by atoms with van der Waals surface area (Å²) in [5.74, 6) is -0.912. The van der Waals surface area contributed by atoms with Crippen molar-refractivity contribution in [2.45, 2.75) is 19.8 Å². The number of amides is 1. The lowest BCUT2D eigenvalue weighted by molar-refractivity contribution is -0.128. The summed E-state index contributed by atoms with van der Waals surface area (Å²) in [4.78, 5) is 28.6. The number of ether oxygens (including phenoxy) is 1. The molecule has 1 N–H and O–H groups in total. The van der Waals surface area contributed by atoms with Crippen LogP contribution in [0.15, 0.2) is 6.20 Å². The lowest BCUT2D eigenvalue weighted by Gasteiger charge is -2.17. The molecule has 2 heterocycles. The predicted octanol–water partition coefficient (Wildman–Crippen LogP) is 0.736. The fourth-order valence-electron chi connectivity index (χ4n) is 2.37. The van der Waals surface area contributed by atoms with Gasteiger partial charge in [-0.2, -0.15) is 0 Å². The summed E-state index contributed by atoms with van der Waals surface area (Å²) in [6.45, 7) is 2.64. The summed E-state index contributed by atoms with van der Waals surface area (Å²) in [5.41, 5.74) is 1.72. The standard InChI is InChI=1S/C13H16N2O4/c1-8(16)15-5-3-9-7-14-12(19-2)11(13(17)18)10(9)4-6-15/h7H,3-6H2,1-2H3,(H,17,18). The summed E-state index contributed by atoms with van der Waals surface area (Å²) in [5, 5.41) is 9.32. The van der Waals surface area contributed by atoms with E-state index in [0.29, 0.717) is 25.9 Å². The van der Waals surface area contributed by atoms with Crippen LogP contribution < -0.4 is 4.74 Å². The van der Waals surface area contributed by atoms with Gasteiger partial charge < -0.3 is 14.7 Å². The molecule has 1 aromatic rings. The molecule has 0 saturated heterocycles. The SMILES string of the molecule is COc1ncc2c(c1C(=O)O)CCN(C(C)=O)CC2. The number of carbonyl (C=O) groups excluding carboxylic acids is 1. The van der Waals surface area contributed by atoms with Crippen molar-refractivity contribution >= 4 is 11.9 Å². The topological polar surface area (TPSA) is 79.7 Å². The smallest absolute Gasteiger partial charge is 0.341 e. The Morgan fingerprint density at radius 3 is 2.63 bits per heavy atom. The number of carboxylic acid groups (broad SMARTS) is 1. The fourth-order valence-corrected chi connectivity index (χ4v) is 2.37. The largest absolute Gasteiger partial charge is 0.480 e. The Morgan fingerprint density at radius 1 is 1.37 bits per heavy atom. The minimum atomic E-state index is -1.04. The average Bonchev–Trinajstić information content (AvgIpc) is 2.59. The third-order valence-corrected chi connectivity index (χ3v) is 3.38. The molecule has 1 amide bonds. The quantitative estimate of drug-likeness (QED) is 0.852. The number of hydrogen-bond acceptors (Lipinski definition) is 4. The van der Waals surface area contributed by atoms with Gasteiger partial charge in [0.05, 0.1) is 7.11 Å². The Hall–Kier alpha value is -2.11. The second-order valence-electron chi connectivity index (χ2n) is 4.46. The molecule has 6 nitrogen and oxygen atoms in total. The molecular weight excluding hydrogens is 248 g/mol. The Morgan fingerprint density at radius 2 is 2.05 bits per heavy atom. The third kappa shape index (κ3) is 2.52. The molecule has 1 aliphatic heterocycles. The number of nitrogens with zero attached hydrogens (tertiary/aromatic N) is 2. The molecule has 0 unspecified atom stereocenters. The van der Waals surface area contributed by atoms with E-state index in [4.69, 9.17) is 4.74 Å². The molecule has 0 aromatic carbocycles. The average molecular weight is 264 g/mol. The van der Waals surface area contributed by atoms with Crippen LogP contribution in [0.4, 0.5) is 0 Å². The number of fused-ring (bicyclic) bond motifs is 1. The van der Waals surface area contributed by atoms with Gasteiger partial charge in [0.1, 0.15) is 5.56 Å². The molecular formula is C13H16N2O4. The number of carboxylic acids is 1. The van der Waals surface area contributed by atoms with E-state index >= 15 is 0 Å². The summed E-state index contributed by atoms with van der Waals surface area (Å²) >= 11 is 0. The minimum absolute atomic E-state index is 0.00426. The van der Waals surface area contributed by atoms with Crippen LogP contribution in [0.3, 0.4) is 0 Å². The van der Waals surface area contributed by atoms with Crippen LogP contribution >= 0.6 is 0 Å². The van der Waals surface area contributed by atoms with Gasteiger partial charge in [-0.1, -0.05) is 0 Å². The molecule has 0 bridgehead atoms. The Kier molecular flexibility index (Phi) is 3.69. The van der Waals surface area contributed by atoms with Gasteiger partial charge in [-0.05, 0) is 24.0 Å². The van der Waals surface area contributed by atoms with E-state index in [9.17, 15) is 14.7 Å². The van der Waals surface area contributed by atoms with Gasteiger partial charge in [-0.15, -0.1) is 0 Å². The second kappa shape index (κ2) is 5.26. The molecule has 0 atom stereocenters. The maximum absolute atomic E-state index is 11.4. The maximum atomic E-state index is 11.4. The van der Waals surface area contributed by atoms with Crippen molar-refractivity contribution in [2.24, 2.45) is 0 Å². The Balaban J connectivity index is 2.44. The number of hydrogen-bond donors (Lipinski definition) is 1. The van der Waals surface area contributed by atoms with E-state index in [1.165, 1.54) is 14.0 Å². The van der Waals surface area contributed by atoms with E-state index in [1.54, 1.807) is 11.1 Å². The monoisotopic (exact) mass is 264 g/mol. The first-order valence-corrected chi connectivity index (χ1v) is 6.08. The molecule has 0 radical (unpaired) electrons. The van der Waals surface area contributed by atoms with Crippen LogP contribution in [-0.2, 0) is 17.6 Å². The van der Waals surface area contributed by atoms with Crippen molar-refractivity contribution in [3.8, 4) is 5.88 Å². The van der Waals surface area contributed by atoms with E-state index in [1.807, 2.05) is 0 Å². The van der Waals surface area contributed by atoms with Gasteiger partial charge >= 0.3 is 5.97 Å². The molecule has 0 aliphatic carbocycles. The maximum Gasteiger partial charge on any atom is 0.341 e. The van der Waals surface area contributed by atoms with Gasteiger partial charge in [0.15, 0.2) is 0 Å². The van der Waals surface area contributed by atoms with Crippen LogP contribution in [-0.4, -0.2) is 47.1 Å². The molecule has 1 aromatic heterocycles. The van der Waals surface area contributed by atoms with Crippen LogP contribution in [0.1, 0.15) is 28.4 Å². The van der Waals surface area contributed by atoms with E-state index in [-0.39, 0.29) is 17.4 Å². The van der Waals surface area contributed by atoms with Crippen molar-refractivity contribution in [3.63, 3.8) is 0 Å². The highest BCUT2D eigenvalue weighted by molar-refractivity contribution is 5.92. The zero-order valence-electron chi connectivity index (χ0n) is 11.0. The molecule has 19 heavy (non-hydrogen) atoms. The normalized spacial score (nSPS) is 14.5. The number of aromatic nitrogens is 1. The van der Waals surface area contributed by atoms with Gasteiger partial charge in [0.25, 0.3) is 0 Å². The first kappa shape index (κ1) is 13.3. The highest BCUT2D eigenvalue weighted by atomic mass is 16.5. The first-order chi connectivity index (χ1) is 9.04. The van der Waals surface area contributed by atoms with Crippen LogP contribution in [0, 0.1) is 0 Å². The number of rotatable bonds is 2. The predicted molar refractivity (Wildman–Crippen MR) is 67.4 cm³/mol. The van der Waals surface area contributed by atoms with Gasteiger partial charge in [-0.3, -0.25) is 4.79 Å². The molecule has 2 rings (SSSR count). The molecule has 1 aliphatic rings. The van der Waals surface area contributed by atoms with E-state index in [0.717, 1.165) is 11.1 Å². The number of pyridine rings is 1. The van der Waals surface area contributed by atoms with Gasteiger partial charge in [-0.25, -0.2) is 9.78 Å². The fraction of sp³-hybridized carbons (Fsp3) is 0.462. The number of aromatic carboxylic acids is 1. The minimum Gasteiger partial charge on any atom is -0.480 e. The lowest BCUT2D eigenvalue weighted by Crippen LogP contribution is -2.31. The van der Waals surface area contributed by atoms with Gasteiger partial charge in [0, 0.05) is 26.2 Å². The molecule has 102 valence electrons. The summed E-state index contributed by atoms with van der Waals surface area (Å²) in [6.07, 6.45) is 2.77. The lowest BCUT2D eigenvalue weighted by atomic mass is 10.00. The highest BCUT2D eigenvalue weighted by Crippen LogP contribution is 2.26. The van der Waals surface area contributed by atoms with Crippen molar-refractivity contribution in [1.82, 2.24) is 9.88 Å². The summed E-state index contributed by atoms with van der Waals surface area (Å²) < 4.78 is 5.02. The zero-order valence-corrected chi connectivity index (χ0v) is 11.0. The molecule has 0 saturated carbocycles. The zero-order chi connectivity index (χ0) is 14.0. The van der Waals surface area contributed by atoms with Crippen LogP contribution in [0.2, 0.25) is 0 Å². The molecule has 0 fully saturated rings. The number of methoxy groups -OCH3 is 1. The second-order valence-corrected chi connectivity index (χ2v) is 4.46. The first-order valence-electron chi connectivity index (χ1n) is 6.08. The Labute approximate surface area is 111 Å². The van der Waals surface area contributed by atoms with Crippen molar-refractivity contribution < 1.29 is 19.4 Å². The van der Waals surface area contributed by atoms with Crippen molar-refractivity contribution in [1.29, 1.82) is 0 Å². The van der Waals surface area contributed by atoms with E-state index in [2.05, 4.69) is 4.98 Å². The van der Waals surface area contributed by atoms with Gasteiger partial charge in [0.2, 0.25) is 11.8 Å². The molecule has 6 heteroatoms. The van der Waals surface area contributed by atoms with E-state index < -0.39 is 5.97 Å². The van der Waals surface area contributed by atoms with Crippen molar-refractivity contribution in [2.75, 3.05) is 20.2 Å². The van der Waals surface area contributed by atoms with Crippen molar-refractivity contribution in [3.05, 3.63) is 22.9 Å². The Bertz CT molecular complexity index is 528. The highest BCUT2D eigenvalue weighted by Gasteiger charge is 2.24. The summed E-state index contributed by atoms with van der Waals surface area (Å²) in [6, 6.07) is 0. The number of carbonyl (C=O) groups is 2.